The van der Waals surface area contributed by atoms with Gasteiger partial charge in [0.25, 0.3) is 0 Å². The van der Waals surface area contributed by atoms with Crippen LogP contribution < -0.4 is 4.74 Å². The standard InChI is InChI=1S/C14H23NO3/c1-3-18-14-6-4-12(5-7-14)8-9-15(2)10-13(17)11-16/h4-7,13,16-17H,3,8-11H2,1-2H3. The van der Waals surface area contributed by atoms with Crippen LogP contribution in [0.1, 0.15) is 12.5 Å². The highest BCUT2D eigenvalue weighted by Gasteiger charge is 2.06. The minimum atomic E-state index is -0.657. The fourth-order valence-electron chi connectivity index (χ4n) is 1.75. The van der Waals surface area contributed by atoms with Gasteiger partial charge in [0.1, 0.15) is 5.75 Å². The Bertz CT molecular complexity index is 326. The van der Waals surface area contributed by atoms with Crippen molar-refractivity contribution in [3.8, 4) is 5.75 Å². The van der Waals surface area contributed by atoms with Crippen LogP contribution in [-0.2, 0) is 6.42 Å². The lowest BCUT2D eigenvalue weighted by Crippen LogP contribution is -2.32. The van der Waals surface area contributed by atoms with E-state index >= 15 is 0 Å². The van der Waals surface area contributed by atoms with Crippen molar-refractivity contribution in [3.05, 3.63) is 29.8 Å². The van der Waals surface area contributed by atoms with Crippen LogP contribution in [0.2, 0.25) is 0 Å². The third-order valence-electron chi connectivity index (χ3n) is 2.75. The third-order valence-corrected chi connectivity index (χ3v) is 2.75. The lowest BCUT2D eigenvalue weighted by molar-refractivity contribution is 0.0669. The Balaban J connectivity index is 2.34. The van der Waals surface area contributed by atoms with Gasteiger partial charge in [-0.3, -0.25) is 0 Å². The second-order valence-electron chi connectivity index (χ2n) is 4.43. The molecule has 2 N–H and O–H groups in total. The van der Waals surface area contributed by atoms with E-state index in [2.05, 4.69) is 12.1 Å². The van der Waals surface area contributed by atoms with Crippen molar-refractivity contribution >= 4 is 0 Å². The second kappa shape index (κ2) is 8.08. The minimum Gasteiger partial charge on any atom is -0.494 e. The average molecular weight is 253 g/mol. The number of ether oxygens (including phenoxy) is 1. The molecule has 0 saturated heterocycles. The van der Waals surface area contributed by atoms with Crippen molar-refractivity contribution in [2.75, 3.05) is 33.4 Å². The molecule has 0 aromatic heterocycles. The van der Waals surface area contributed by atoms with Crippen LogP contribution in [0.15, 0.2) is 24.3 Å². The molecule has 0 amide bonds. The maximum Gasteiger partial charge on any atom is 0.119 e. The summed E-state index contributed by atoms with van der Waals surface area (Å²) in [5.74, 6) is 0.894. The molecule has 4 nitrogen and oxygen atoms in total. The molecule has 0 radical (unpaired) electrons. The lowest BCUT2D eigenvalue weighted by Gasteiger charge is -2.19. The molecule has 1 rings (SSSR count). The number of hydrogen-bond acceptors (Lipinski definition) is 4. The fourth-order valence-corrected chi connectivity index (χ4v) is 1.75. The summed E-state index contributed by atoms with van der Waals surface area (Å²) in [5.41, 5.74) is 1.24. The molecule has 1 aromatic carbocycles. The number of rotatable bonds is 8. The van der Waals surface area contributed by atoms with E-state index in [0.29, 0.717) is 13.2 Å². The minimum absolute atomic E-state index is 0.187. The molecule has 0 aliphatic carbocycles. The Labute approximate surface area is 109 Å². The highest BCUT2D eigenvalue weighted by Crippen LogP contribution is 2.12. The van der Waals surface area contributed by atoms with Crippen LogP contribution in [0.3, 0.4) is 0 Å². The number of likely N-dealkylation sites (N-methyl/N-ethyl adjacent to an activating group) is 1. The monoisotopic (exact) mass is 253 g/mol. The third kappa shape index (κ3) is 5.49. The summed E-state index contributed by atoms with van der Waals surface area (Å²) in [6.07, 6.45) is 0.261. The summed E-state index contributed by atoms with van der Waals surface area (Å²) in [6, 6.07) is 8.06. The van der Waals surface area contributed by atoms with E-state index in [-0.39, 0.29) is 6.61 Å². The summed E-state index contributed by atoms with van der Waals surface area (Å²) in [6.45, 7) is 3.81. The summed E-state index contributed by atoms with van der Waals surface area (Å²) >= 11 is 0. The fraction of sp³-hybridized carbons (Fsp3) is 0.571. The largest absolute Gasteiger partial charge is 0.494 e. The first-order valence-electron chi connectivity index (χ1n) is 6.35. The molecule has 0 aliphatic heterocycles. The van der Waals surface area contributed by atoms with Gasteiger partial charge in [0.15, 0.2) is 0 Å². The quantitative estimate of drug-likeness (QED) is 0.723. The zero-order valence-electron chi connectivity index (χ0n) is 11.2. The van der Waals surface area contributed by atoms with E-state index in [1.165, 1.54) is 5.56 Å². The van der Waals surface area contributed by atoms with E-state index in [1.807, 2.05) is 31.0 Å². The average Bonchev–Trinajstić information content (AvgIpc) is 2.38. The summed E-state index contributed by atoms with van der Waals surface area (Å²) in [7, 11) is 1.94. The van der Waals surface area contributed by atoms with Crippen molar-refractivity contribution in [2.45, 2.75) is 19.4 Å². The van der Waals surface area contributed by atoms with E-state index in [1.54, 1.807) is 0 Å². The molecule has 0 aliphatic rings. The topological polar surface area (TPSA) is 52.9 Å². The van der Waals surface area contributed by atoms with E-state index < -0.39 is 6.10 Å². The molecular formula is C14H23NO3. The normalized spacial score (nSPS) is 12.7. The zero-order valence-corrected chi connectivity index (χ0v) is 11.2. The molecular weight excluding hydrogens is 230 g/mol. The number of hydrogen-bond donors (Lipinski definition) is 2. The molecule has 102 valence electrons. The van der Waals surface area contributed by atoms with Gasteiger partial charge in [-0.1, -0.05) is 12.1 Å². The summed E-state index contributed by atoms with van der Waals surface area (Å²) in [4.78, 5) is 2.01. The summed E-state index contributed by atoms with van der Waals surface area (Å²) in [5, 5.41) is 18.1. The molecule has 1 atom stereocenters. The Morgan fingerprint density at radius 2 is 1.94 bits per heavy atom. The van der Waals surface area contributed by atoms with E-state index in [9.17, 15) is 5.11 Å². The van der Waals surface area contributed by atoms with Crippen molar-refractivity contribution < 1.29 is 14.9 Å². The van der Waals surface area contributed by atoms with Gasteiger partial charge < -0.3 is 19.8 Å². The van der Waals surface area contributed by atoms with Gasteiger partial charge in [-0.15, -0.1) is 0 Å². The highest BCUT2D eigenvalue weighted by molar-refractivity contribution is 5.27. The zero-order chi connectivity index (χ0) is 13.4. The maximum atomic E-state index is 9.31. The first-order valence-corrected chi connectivity index (χ1v) is 6.35. The van der Waals surface area contributed by atoms with Gasteiger partial charge in [0.05, 0.1) is 19.3 Å². The van der Waals surface area contributed by atoms with Crippen LogP contribution in [0, 0.1) is 0 Å². The number of aliphatic hydroxyl groups excluding tert-OH is 2. The smallest absolute Gasteiger partial charge is 0.119 e. The van der Waals surface area contributed by atoms with Gasteiger partial charge in [-0.25, -0.2) is 0 Å². The van der Waals surface area contributed by atoms with Crippen LogP contribution in [0.25, 0.3) is 0 Å². The molecule has 1 unspecified atom stereocenters. The molecule has 0 bridgehead atoms. The molecule has 4 heteroatoms. The molecule has 18 heavy (non-hydrogen) atoms. The van der Waals surface area contributed by atoms with Crippen LogP contribution in [0.4, 0.5) is 0 Å². The molecule has 0 heterocycles. The summed E-state index contributed by atoms with van der Waals surface area (Å²) < 4.78 is 5.38. The van der Waals surface area contributed by atoms with Crippen molar-refractivity contribution in [1.29, 1.82) is 0 Å². The SMILES string of the molecule is CCOc1ccc(CCN(C)CC(O)CO)cc1. The molecule has 0 saturated carbocycles. The number of aliphatic hydroxyl groups is 2. The van der Waals surface area contributed by atoms with Crippen molar-refractivity contribution in [1.82, 2.24) is 4.90 Å². The first-order chi connectivity index (χ1) is 8.65. The van der Waals surface area contributed by atoms with Gasteiger partial charge in [-0.2, -0.15) is 0 Å². The predicted octanol–water partition coefficient (Wildman–Crippen LogP) is 0.913. The first kappa shape index (κ1) is 15.0. The van der Waals surface area contributed by atoms with Crippen LogP contribution >= 0.6 is 0 Å². The highest BCUT2D eigenvalue weighted by atomic mass is 16.5. The van der Waals surface area contributed by atoms with Gasteiger partial charge >= 0.3 is 0 Å². The Hall–Kier alpha value is -1.10. The second-order valence-corrected chi connectivity index (χ2v) is 4.43. The predicted molar refractivity (Wildman–Crippen MR) is 71.9 cm³/mol. The van der Waals surface area contributed by atoms with Crippen molar-refractivity contribution in [3.63, 3.8) is 0 Å². The van der Waals surface area contributed by atoms with Crippen LogP contribution in [-0.4, -0.2) is 54.6 Å². The Morgan fingerprint density at radius 3 is 2.50 bits per heavy atom. The molecule has 0 spiro atoms. The molecule has 0 fully saturated rings. The van der Waals surface area contributed by atoms with Gasteiger partial charge in [0.2, 0.25) is 0 Å². The Kier molecular flexibility index (Phi) is 6.72. The lowest BCUT2D eigenvalue weighted by atomic mass is 10.1. The van der Waals surface area contributed by atoms with Crippen molar-refractivity contribution in [2.24, 2.45) is 0 Å². The molecule has 1 aromatic rings. The van der Waals surface area contributed by atoms with Gasteiger partial charge in [0, 0.05) is 13.1 Å². The number of benzene rings is 1. The van der Waals surface area contributed by atoms with Crippen LogP contribution in [0.5, 0.6) is 5.75 Å². The van der Waals surface area contributed by atoms with Gasteiger partial charge in [-0.05, 0) is 38.1 Å². The Morgan fingerprint density at radius 1 is 1.28 bits per heavy atom. The number of nitrogens with zero attached hydrogens (tertiary/aromatic N) is 1. The van der Waals surface area contributed by atoms with E-state index in [0.717, 1.165) is 18.7 Å². The van der Waals surface area contributed by atoms with E-state index in [4.69, 9.17) is 9.84 Å². The maximum absolute atomic E-state index is 9.31.